The second-order valence-corrected chi connectivity index (χ2v) is 16.4. The predicted molar refractivity (Wildman–Crippen MR) is 260 cm³/mol. The van der Waals surface area contributed by atoms with E-state index in [1.165, 1.54) is 130 Å². The van der Waals surface area contributed by atoms with Crippen LogP contribution in [0.3, 0.4) is 0 Å². The van der Waals surface area contributed by atoms with Gasteiger partial charge in [-0.1, -0.05) is 182 Å². The summed E-state index contributed by atoms with van der Waals surface area (Å²) in [6.45, 7) is 0. The fourth-order valence-electron chi connectivity index (χ4n) is 10.2. The Kier molecular flexibility index (Phi) is 7.11. The molecule has 0 aliphatic carbocycles. The maximum absolute atomic E-state index is 2.47. The minimum Gasteiger partial charge on any atom is -0.0616 e. The van der Waals surface area contributed by atoms with Crippen LogP contribution in [0, 0.1) is 0 Å². The summed E-state index contributed by atoms with van der Waals surface area (Å²) in [5.74, 6) is 0. The molecule has 0 heterocycles. The summed E-state index contributed by atoms with van der Waals surface area (Å²) < 4.78 is 0. The molecule has 13 aromatic carbocycles. The Hall–Kier alpha value is -7.80. The lowest BCUT2D eigenvalue weighted by Gasteiger charge is -2.18. The number of benzene rings is 13. The van der Waals surface area contributed by atoms with Gasteiger partial charge in [0.25, 0.3) is 0 Å². The molecule has 0 N–H and O–H groups in total. The lowest BCUT2D eigenvalue weighted by atomic mass is 9.86. The van der Waals surface area contributed by atoms with Gasteiger partial charge in [0.1, 0.15) is 0 Å². The average molecular weight is 757 g/mol. The van der Waals surface area contributed by atoms with Crippen LogP contribution >= 0.6 is 0 Å². The number of rotatable bonds is 3. The molecule has 13 rings (SSSR count). The lowest BCUT2D eigenvalue weighted by Crippen LogP contribution is -1.91. The molecule has 60 heavy (non-hydrogen) atoms. The minimum atomic E-state index is 1.22. The first kappa shape index (κ1) is 33.2. The Labute approximate surface area is 347 Å². The summed E-state index contributed by atoms with van der Waals surface area (Å²) in [5, 5.41) is 22.9. The molecule has 0 heteroatoms. The second-order valence-electron chi connectivity index (χ2n) is 16.4. The van der Waals surface area contributed by atoms with E-state index in [0.29, 0.717) is 0 Å². The fraction of sp³-hybridized carbons (Fsp3) is 0. The van der Waals surface area contributed by atoms with Crippen LogP contribution < -0.4 is 0 Å². The summed E-state index contributed by atoms with van der Waals surface area (Å²) in [7, 11) is 0. The van der Waals surface area contributed by atoms with Gasteiger partial charge < -0.3 is 0 Å². The Morgan fingerprint density at radius 1 is 0.150 bits per heavy atom. The second kappa shape index (κ2) is 12.9. The lowest BCUT2D eigenvalue weighted by molar-refractivity contribution is 1.67. The number of fused-ring (bicyclic) bond motifs is 14. The zero-order valence-corrected chi connectivity index (χ0v) is 32.8. The van der Waals surface area contributed by atoms with Crippen LogP contribution in [-0.2, 0) is 0 Å². The monoisotopic (exact) mass is 756 g/mol. The van der Waals surface area contributed by atoms with Crippen LogP contribution in [0.4, 0.5) is 0 Å². The SMILES string of the molecule is c1ccc2c(c1)ccc1cc(-c3ccc4c(c3)c(-c3ccc5c(ccc6ccccc65)c3)cc3c5ccccc5c(-c5ccc6c(ccc7ccccc76)c5)cc43)ccc12. The van der Waals surface area contributed by atoms with Crippen LogP contribution in [-0.4, -0.2) is 0 Å². The smallest absolute Gasteiger partial charge is 0.00923 e. The van der Waals surface area contributed by atoms with Crippen molar-refractivity contribution in [3.63, 3.8) is 0 Å². The van der Waals surface area contributed by atoms with Gasteiger partial charge in [-0.25, -0.2) is 0 Å². The molecule has 0 spiro atoms. The molecule has 0 atom stereocenters. The van der Waals surface area contributed by atoms with E-state index in [2.05, 4.69) is 218 Å². The summed E-state index contributed by atoms with van der Waals surface area (Å²) in [4.78, 5) is 0. The largest absolute Gasteiger partial charge is 0.0616 e. The van der Waals surface area contributed by atoms with Gasteiger partial charge >= 0.3 is 0 Å². The molecule has 0 amide bonds. The van der Waals surface area contributed by atoms with Crippen molar-refractivity contribution in [1.29, 1.82) is 0 Å². The molecule has 0 fully saturated rings. The van der Waals surface area contributed by atoms with E-state index in [9.17, 15) is 0 Å². The zero-order chi connectivity index (χ0) is 39.3. The molecule has 0 aliphatic rings. The van der Waals surface area contributed by atoms with Crippen molar-refractivity contribution in [3.05, 3.63) is 218 Å². The van der Waals surface area contributed by atoms with Crippen molar-refractivity contribution < 1.29 is 0 Å². The molecule has 0 bridgehead atoms. The highest BCUT2D eigenvalue weighted by molar-refractivity contribution is 6.25. The van der Waals surface area contributed by atoms with Crippen molar-refractivity contribution in [2.45, 2.75) is 0 Å². The quantitative estimate of drug-likeness (QED) is 0.158. The first-order chi connectivity index (χ1) is 29.7. The third-order valence-corrected chi connectivity index (χ3v) is 13.2. The molecular formula is C60H36. The first-order valence-electron chi connectivity index (χ1n) is 20.9. The normalized spacial score (nSPS) is 12.0. The van der Waals surface area contributed by atoms with Crippen molar-refractivity contribution in [1.82, 2.24) is 0 Å². The molecule has 13 aromatic rings. The van der Waals surface area contributed by atoms with Crippen molar-refractivity contribution in [2.24, 2.45) is 0 Å². The van der Waals surface area contributed by atoms with Crippen LogP contribution in [0.1, 0.15) is 0 Å². The average Bonchev–Trinajstić information content (AvgIpc) is 3.32. The molecule has 0 aliphatic heterocycles. The van der Waals surface area contributed by atoms with Crippen molar-refractivity contribution >= 4 is 97.0 Å². The fourth-order valence-corrected chi connectivity index (χ4v) is 10.2. The summed E-state index contributed by atoms with van der Waals surface area (Å²) in [6.07, 6.45) is 0. The van der Waals surface area contributed by atoms with Gasteiger partial charge in [0.2, 0.25) is 0 Å². The van der Waals surface area contributed by atoms with Crippen LogP contribution in [0.15, 0.2) is 218 Å². The molecule has 0 saturated carbocycles. The van der Waals surface area contributed by atoms with Crippen LogP contribution in [0.25, 0.3) is 130 Å². The van der Waals surface area contributed by atoms with Crippen molar-refractivity contribution in [3.8, 4) is 33.4 Å². The van der Waals surface area contributed by atoms with E-state index in [0.717, 1.165) is 0 Å². The predicted octanol–water partition coefficient (Wildman–Crippen LogP) is 17.1. The number of hydrogen-bond donors (Lipinski definition) is 0. The van der Waals surface area contributed by atoms with Gasteiger partial charge in [-0.3, -0.25) is 0 Å². The van der Waals surface area contributed by atoms with Gasteiger partial charge in [-0.15, -0.1) is 0 Å². The molecule has 0 radical (unpaired) electrons. The first-order valence-corrected chi connectivity index (χ1v) is 20.9. The molecule has 0 unspecified atom stereocenters. The Balaban J connectivity index is 1.07. The van der Waals surface area contributed by atoms with Crippen molar-refractivity contribution in [2.75, 3.05) is 0 Å². The van der Waals surface area contributed by atoms with E-state index in [-0.39, 0.29) is 0 Å². The van der Waals surface area contributed by atoms with E-state index in [1.54, 1.807) is 0 Å². The van der Waals surface area contributed by atoms with Crippen LogP contribution in [0.5, 0.6) is 0 Å². The highest BCUT2D eigenvalue weighted by atomic mass is 14.2. The van der Waals surface area contributed by atoms with E-state index in [1.807, 2.05) is 0 Å². The van der Waals surface area contributed by atoms with E-state index < -0.39 is 0 Å². The van der Waals surface area contributed by atoms with Gasteiger partial charge in [-0.05, 0) is 167 Å². The Bertz CT molecular complexity index is 3940. The van der Waals surface area contributed by atoms with Gasteiger partial charge in [-0.2, -0.15) is 0 Å². The third-order valence-electron chi connectivity index (χ3n) is 13.2. The minimum absolute atomic E-state index is 1.22. The highest BCUT2D eigenvalue weighted by Gasteiger charge is 2.17. The molecule has 0 aromatic heterocycles. The van der Waals surface area contributed by atoms with Gasteiger partial charge in [0, 0.05) is 0 Å². The molecule has 0 nitrogen and oxygen atoms in total. The Morgan fingerprint density at radius 3 is 0.967 bits per heavy atom. The van der Waals surface area contributed by atoms with E-state index in [4.69, 9.17) is 0 Å². The third kappa shape index (κ3) is 5.04. The maximum Gasteiger partial charge on any atom is -0.00923 e. The van der Waals surface area contributed by atoms with E-state index >= 15 is 0 Å². The standard InChI is InChI=1S/C60H36/c1-4-12-47-37(9-1)17-20-42-31-40(23-27-50(42)47)41-24-30-55-58(34-41)57(46-26-29-52-44(33-46)22-19-39-11-3-6-14-49(39)52)36-59-54-16-8-7-15-53(54)56(35-60(55)59)45-25-28-51-43(32-45)21-18-38-10-2-5-13-48(38)51/h1-36H. The van der Waals surface area contributed by atoms with Crippen LogP contribution in [0.2, 0.25) is 0 Å². The Morgan fingerprint density at radius 2 is 0.467 bits per heavy atom. The summed E-state index contributed by atoms with van der Waals surface area (Å²) >= 11 is 0. The molecular weight excluding hydrogens is 721 g/mol. The summed E-state index contributed by atoms with van der Waals surface area (Å²) in [6, 6.07) is 81.7. The highest BCUT2D eigenvalue weighted by Crippen LogP contribution is 2.44. The number of hydrogen-bond acceptors (Lipinski definition) is 0. The van der Waals surface area contributed by atoms with Gasteiger partial charge in [0.15, 0.2) is 0 Å². The van der Waals surface area contributed by atoms with Gasteiger partial charge in [0.05, 0.1) is 0 Å². The molecule has 0 saturated heterocycles. The summed E-state index contributed by atoms with van der Waals surface area (Å²) in [5.41, 5.74) is 7.39. The zero-order valence-electron chi connectivity index (χ0n) is 32.8. The molecule has 276 valence electrons. The maximum atomic E-state index is 2.47. The topological polar surface area (TPSA) is 0 Å².